The molecule has 9 nitrogen and oxygen atoms in total. The highest BCUT2D eigenvalue weighted by Gasteiger charge is 2.16. The summed E-state index contributed by atoms with van der Waals surface area (Å²) < 4.78 is 3.61. The Morgan fingerprint density at radius 1 is 1.25 bits per heavy atom. The molecule has 0 aliphatic carbocycles. The van der Waals surface area contributed by atoms with Crippen LogP contribution in [0.2, 0.25) is 5.02 Å². The summed E-state index contributed by atoms with van der Waals surface area (Å²) in [5.74, 6) is -0.0998. The van der Waals surface area contributed by atoms with Gasteiger partial charge in [-0.3, -0.25) is 18.7 Å². The number of pyridine rings is 1. The molecule has 0 atom stereocenters. The molecule has 24 heavy (non-hydrogen) atoms. The molecule has 3 aromatic heterocycles. The van der Waals surface area contributed by atoms with E-state index in [-0.39, 0.29) is 17.7 Å². The minimum Gasteiger partial charge on any atom is -0.315 e. The Morgan fingerprint density at radius 3 is 2.71 bits per heavy atom. The molecule has 3 rings (SSSR count). The predicted molar refractivity (Wildman–Crippen MR) is 88.1 cm³/mol. The van der Waals surface area contributed by atoms with Gasteiger partial charge in [-0.2, -0.15) is 0 Å². The predicted octanol–water partition coefficient (Wildman–Crippen LogP) is 0.121. The molecule has 1 amide bonds. The summed E-state index contributed by atoms with van der Waals surface area (Å²) in [7, 11) is 2.88. The number of carbonyl (C=O) groups excluding carboxylic acids is 1. The van der Waals surface area contributed by atoms with Crippen molar-refractivity contribution in [2.24, 2.45) is 14.1 Å². The molecule has 3 aromatic rings. The highest BCUT2D eigenvalue weighted by molar-refractivity contribution is 6.30. The van der Waals surface area contributed by atoms with Crippen molar-refractivity contribution in [1.29, 1.82) is 0 Å². The van der Waals surface area contributed by atoms with Crippen LogP contribution in [0, 0.1) is 0 Å². The number of imidazole rings is 1. The Kier molecular flexibility index (Phi) is 3.94. The topological polar surface area (TPSA) is 104 Å². The number of rotatable bonds is 3. The number of anilines is 1. The van der Waals surface area contributed by atoms with Crippen LogP contribution in [0.1, 0.15) is 0 Å². The summed E-state index contributed by atoms with van der Waals surface area (Å²) in [5, 5.41) is 3.03. The van der Waals surface area contributed by atoms with Crippen molar-refractivity contribution in [1.82, 2.24) is 23.7 Å². The van der Waals surface area contributed by atoms with Gasteiger partial charge in [0.05, 0.1) is 6.33 Å². The van der Waals surface area contributed by atoms with Gasteiger partial charge in [-0.15, -0.1) is 0 Å². The van der Waals surface area contributed by atoms with Crippen LogP contribution in [0.3, 0.4) is 0 Å². The minimum atomic E-state index is -0.515. The van der Waals surface area contributed by atoms with Crippen LogP contribution < -0.4 is 16.6 Å². The molecule has 1 N–H and O–H groups in total. The van der Waals surface area contributed by atoms with Crippen LogP contribution in [-0.2, 0) is 25.4 Å². The zero-order chi connectivity index (χ0) is 17.4. The normalized spacial score (nSPS) is 11.0. The van der Waals surface area contributed by atoms with Crippen molar-refractivity contribution in [3.05, 3.63) is 50.5 Å². The first-order valence-corrected chi connectivity index (χ1v) is 7.28. The van der Waals surface area contributed by atoms with Crippen LogP contribution in [-0.4, -0.2) is 29.6 Å². The van der Waals surface area contributed by atoms with Gasteiger partial charge in [-0.25, -0.2) is 14.8 Å². The fourth-order valence-electron chi connectivity index (χ4n) is 2.33. The van der Waals surface area contributed by atoms with Crippen molar-refractivity contribution in [2.45, 2.75) is 6.54 Å². The van der Waals surface area contributed by atoms with Crippen molar-refractivity contribution in [3.8, 4) is 0 Å². The fourth-order valence-corrected chi connectivity index (χ4v) is 2.49. The van der Waals surface area contributed by atoms with Crippen molar-refractivity contribution < 1.29 is 4.79 Å². The monoisotopic (exact) mass is 348 g/mol. The molecular formula is C14H13ClN6O3. The van der Waals surface area contributed by atoms with Gasteiger partial charge in [0.15, 0.2) is 11.2 Å². The molecule has 0 aromatic carbocycles. The number of aryl methyl sites for hydroxylation is 1. The van der Waals surface area contributed by atoms with Crippen LogP contribution >= 0.6 is 11.6 Å². The number of amides is 1. The standard InChI is InChI=1S/C14H13ClN6O3/c1-19-12-11(13(23)20(2)14(19)24)21(7-17-12)6-10(22)18-9-5-8(15)3-4-16-9/h3-5,7H,6H2,1-2H3,(H,16,18,22). The van der Waals surface area contributed by atoms with E-state index in [1.165, 1.54) is 41.8 Å². The average Bonchev–Trinajstić information content (AvgIpc) is 2.94. The molecule has 0 aliphatic rings. The summed E-state index contributed by atoms with van der Waals surface area (Å²) in [6, 6.07) is 3.10. The Labute approximate surface area is 140 Å². The maximum atomic E-state index is 12.3. The lowest BCUT2D eigenvalue weighted by molar-refractivity contribution is -0.116. The molecule has 0 unspecified atom stereocenters. The number of fused-ring (bicyclic) bond motifs is 1. The number of nitrogens with zero attached hydrogens (tertiary/aromatic N) is 5. The van der Waals surface area contributed by atoms with Crippen LogP contribution in [0.5, 0.6) is 0 Å². The van der Waals surface area contributed by atoms with Gasteiger partial charge in [-0.05, 0) is 12.1 Å². The van der Waals surface area contributed by atoms with Gasteiger partial charge in [0.1, 0.15) is 12.4 Å². The summed E-state index contributed by atoms with van der Waals surface area (Å²) in [6.07, 6.45) is 2.81. The maximum Gasteiger partial charge on any atom is 0.332 e. The third kappa shape index (κ3) is 2.69. The van der Waals surface area contributed by atoms with Crippen molar-refractivity contribution in [2.75, 3.05) is 5.32 Å². The lowest BCUT2D eigenvalue weighted by Crippen LogP contribution is -2.37. The van der Waals surface area contributed by atoms with Crippen LogP contribution in [0.15, 0.2) is 34.2 Å². The van der Waals surface area contributed by atoms with Gasteiger partial charge in [0, 0.05) is 25.3 Å². The Balaban J connectivity index is 1.95. The van der Waals surface area contributed by atoms with E-state index in [1.54, 1.807) is 6.07 Å². The van der Waals surface area contributed by atoms with E-state index < -0.39 is 17.2 Å². The summed E-state index contributed by atoms with van der Waals surface area (Å²) in [4.78, 5) is 44.4. The number of carbonyl (C=O) groups is 1. The number of hydrogen-bond donors (Lipinski definition) is 1. The molecule has 0 spiro atoms. The molecule has 10 heteroatoms. The number of nitrogens with one attached hydrogen (secondary N) is 1. The molecule has 0 bridgehead atoms. The first-order chi connectivity index (χ1) is 11.4. The summed E-state index contributed by atoms with van der Waals surface area (Å²) in [5.41, 5.74) is -0.602. The van der Waals surface area contributed by atoms with Crippen molar-refractivity contribution in [3.63, 3.8) is 0 Å². The van der Waals surface area contributed by atoms with Gasteiger partial charge in [-0.1, -0.05) is 11.6 Å². The maximum absolute atomic E-state index is 12.3. The quantitative estimate of drug-likeness (QED) is 0.724. The lowest BCUT2D eigenvalue weighted by atomic mass is 10.4. The highest BCUT2D eigenvalue weighted by atomic mass is 35.5. The number of hydrogen-bond acceptors (Lipinski definition) is 5. The molecule has 0 radical (unpaired) electrons. The van der Waals surface area contributed by atoms with Gasteiger partial charge in [0.2, 0.25) is 5.91 Å². The SMILES string of the molecule is Cn1c(=O)c2c(ncn2CC(=O)Nc2cc(Cl)ccn2)n(C)c1=O. The smallest absolute Gasteiger partial charge is 0.315 e. The molecule has 0 fully saturated rings. The molecule has 3 heterocycles. The first kappa shape index (κ1) is 15.9. The van der Waals surface area contributed by atoms with Crippen LogP contribution in [0.4, 0.5) is 5.82 Å². The lowest BCUT2D eigenvalue weighted by Gasteiger charge is -2.07. The fraction of sp³-hybridized carbons (Fsp3) is 0.214. The Bertz CT molecular complexity index is 1060. The first-order valence-electron chi connectivity index (χ1n) is 6.90. The van der Waals surface area contributed by atoms with E-state index >= 15 is 0 Å². The Morgan fingerprint density at radius 2 is 2.00 bits per heavy atom. The zero-order valence-electron chi connectivity index (χ0n) is 12.9. The molecule has 124 valence electrons. The molecule has 0 saturated carbocycles. The largest absolute Gasteiger partial charge is 0.332 e. The summed E-state index contributed by atoms with van der Waals surface area (Å²) in [6.45, 7) is -0.155. The molecule has 0 aliphatic heterocycles. The summed E-state index contributed by atoms with van der Waals surface area (Å²) >= 11 is 5.84. The highest BCUT2D eigenvalue weighted by Crippen LogP contribution is 2.12. The van der Waals surface area contributed by atoms with E-state index in [9.17, 15) is 14.4 Å². The average molecular weight is 349 g/mol. The van der Waals surface area contributed by atoms with Gasteiger partial charge >= 0.3 is 5.69 Å². The number of aromatic nitrogens is 5. The second-order valence-corrected chi connectivity index (χ2v) is 5.59. The molecular weight excluding hydrogens is 336 g/mol. The van der Waals surface area contributed by atoms with E-state index in [0.717, 1.165) is 4.57 Å². The Hall–Kier alpha value is -2.94. The second kappa shape index (κ2) is 5.93. The van der Waals surface area contributed by atoms with E-state index in [0.29, 0.717) is 10.8 Å². The van der Waals surface area contributed by atoms with E-state index in [1.807, 2.05) is 0 Å². The van der Waals surface area contributed by atoms with Gasteiger partial charge < -0.3 is 9.88 Å². The van der Waals surface area contributed by atoms with Crippen LogP contribution in [0.25, 0.3) is 11.2 Å². The third-order valence-corrected chi connectivity index (χ3v) is 3.76. The minimum absolute atomic E-state index is 0.155. The van der Waals surface area contributed by atoms with Crippen molar-refractivity contribution >= 4 is 34.5 Å². The zero-order valence-corrected chi connectivity index (χ0v) is 13.6. The van der Waals surface area contributed by atoms with Gasteiger partial charge in [0.25, 0.3) is 5.56 Å². The third-order valence-electron chi connectivity index (χ3n) is 3.52. The van der Waals surface area contributed by atoms with E-state index in [2.05, 4.69) is 15.3 Å². The molecule has 0 saturated heterocycles. The number of halogens is 1. The second-order valence-electron chi connectivity index (χ2n) is 5.16. The van der Waals surface area contributed by atoms with E-state index in [4.69, 9.17) is 11.6 Å².